The fraction of sp³-hybridized carbons (Fsp3) is 0.0400. The molecular weight excluding hydrogens is 445 g/mol. The summed E-state index contributed by atoms with van der Waals surface area (Å²) in [5, 5.41) is 7.87. The smallest absolute Gasteiger partial charge is 0.155 e. The van der Waals surface area contributed by atoms with Crippen LogP contribution in [0.3, 0.4) is 0 Å². The first kappa shape index (κ1) is 20.4. The number of rotatable bonds is 4. The summed E-state index contributed by atoms with van der Waals surface area (Å²) in [4.78, 5) is 4.61. The molecule has 0 bridgehead atoms. The van der Waals surface area contributed by atoms with E-state index >= 15 is 0 Å². The second kappa shape index (κ2) is 8.54. The Kier molecular flexibility index (Phi) is 5.43. The Bertz CT molecular complexity index is 1510. The topological polar surface area (TPSA) is 59.6 Å². The second-order valence-corrected chi connectivity index (χ2v) is 7.95. The van der Waals surface area contributed by atoms with Crippen molar-refractivity contribution >= 4 is 50.9 Å². The number of hydrogen-bond acceptors (Lipinski definition) is 5. The first-order valence-corrected chi connectivity index (χ1v) is 10.6. The van der Waals surface area contributed by atoms with Gasteiger partial charge in [-0.2, -0.15) is 5.10 Å². The Morgan fingerprint density at radius 2 is 1.75 bits per heavy atom. The van der Waals surface area contributed by atoms with Crippen LogP contribution in [0.4, 0.5) is 5.82 Å². The van der Waals surface area contributed by atoms with Crippen LogP contribution in [-0.4, -0.2) is 12.1 Å². The first-order valence-electron chi connectivity index (χ1n) is 9.83. The van der Waals surface area contributed by atoms with Crippen molar-refractivity contribution in [3.63, 3.8) is 0 Å². The third-order valence-corrected chi connectivity index (χ3v) is 5.53. The minimum atomic E-state index is 0.406. The lowest BCUT2D eigenvalue weighted by atomic mass is 10.1. The molecule has 0 aliphatic rings. The summed E-state index contributed by atoms with van der Waals surface area (Å²) in [6, 6.07) is 24.6. The number of pyridine rings is 1. The normalized spacial score (nSPS) is 11.8. The Hall–Kier alpha value is -3.54. The number of anilines is 1. The lowest BCUT2D eigenvalue weighted by Crippen LogP contribution is -2.08. The van der Waals surface area contributed by atoms with Crippen LogP contribution in [-0.2, 0) is 0 Å². The average molecular weight is 462 g/mol. The Labute approximate surface area is 193 Å². The quantitative estimate of drug-likeness (QED) is 0.296. The van der Waals surface area contributed by atoms with Crippen molar-refractivity contribution in [1.82, 2.24) is 4.98 Å². The zero-order chi connectivity index (χ0) is 22.1. The standard InChI is InChI=1S/C25H17Cl2N3O2/c1-31-18-9-6-16(7-10-18)23-14-22(19-12-17(26)13-20(27)25(19)32-23)29-30-24-11-8-15-4-2-3-5-21(15)28-24/h2-14H,1H3,(H,28,30)/b29-22+. The van der Waals surface area contributed by atoms with E-state index in [4.69, 9.17) is 32.4 Å². The minimum Gasteiger partial charge on any atom is -0.497 e. The predicted molar refractivity (Wildman–Crippen MR) is 129 cm³/mol. The van der Waals surface area contributed by atoms with E-state index in [2.05, 4.69) is 15.5 Å². The van der Waals surface area contributed by atoms with Gasteiger partial charge in [0.1, 0.15) is 17.3 Å². The summed E-state index contributed by atoms with van der Waals surface area (Å²) in [6.07, 6.45) is 0. The van der Waals surface area contributed by atoms with Crippen LogP contribution >= 0.6 is 23.2 Å². The number of fused-ring (bicyclic) bond motifs is 2. The lowest BCUT2D eigenvalue weighted by molar-refractivity contribution is 0.415. The molecule has 0 spiro atoms. The molecule has 0 unspecified atom stereocenters. The molecule has 0 saturated carbocycles. The molecule has 3 aromatic carbocycles. The summed E-state index contributed by atoms with van der Waals surface area (Å²) in [5.74, 6) is 1.99. The maximum Gasteiger partial charge on any atom is 0.155 e. The highest BCUT2D eigenvalue weighted by Gasteiger charge is 2.11. The van der Waals surface area contributed by atoms with Crippen LogP contribution in [0.25, 0.3) is 33.2 Å². The van der Waals surface area contributed by atoms with Crippen molar-refractivity contribution in [2.45, 2.75) is 0 Å². The third kappa shape index (κ3) is 4.00. The van der Waals surface area contributed by atoms with Crippen LogP contribution in [0.5, 0.6) is 5.75 Å². The third-order valence-electron chi connectivity index (χ3n) is 5.03. The van der Waals surface area contributed by atoms with Gasteiger partial charge in [0.2, 0.25) is 0 Å². The highest BCUT2D eigenvalue weighted by atomic mass is 35.5. The molecule has 5 nitrogen and oxygen atoms in total. The maximum atomic E-state index is 6.45. The molecule has 2 heterocycles. The zero-order valence-corrected chi connectivity index (χ0v) is 18.5. The number of benzene rings is 3. The highest BCUT2D eigenvalue weighted by Crippen LogP contribution is 2.30. The van der Waals surface area contributed by atoms with Crippen LogP contribution in [0.2, 0.25) is 10.0 Å². The highest BCUT2D eigenvalue weighted by molar-refractivity contribution is 6.38. The molecule has 0 saturated heterocycles. The van der Waals surface area contributed by atoms with E-state index in [0.717, 1.165) is 22.2 Å². The van der Waals surface area contributed by atoms with Gasteiger partial charge in [-0.25, -0.2) is 4.98 Å². The molecule has 2 aromatic heterocycles. The van der Waals surface area contributed by atoms with Gasteiger partial charge in [0.15, 0.2) is 5.58 Å². The van der Waals surface area contributed by atoms with E-state index in [1.807, 2.05) is 66.7 Å². The molecule has 0 atom stereocenters. The average Bonchev–Trinajstić information content (AvgIpc) is 2.82. The fourth-order valence-electron chi connectivity index (χ4n) is 3.43. The fourth-order valence-corrected chi connectivity index (χ4v) is 3.96. The van der Waals surface area contributed by atoms with Crippen molar-refractivity contribution in [3.8, 4) is 17.1 Å². The molecule has 0 amide bonds. The number of para-hydroxylation sites is 1. The summed E-state index contributed by atoms with van der Waals surface area (Å²) in [6.45, 7) is 0. The van der Waals surface area contributed by atoms with Gasteiger partial charge in [-0.05, 0) is 54.6 Å². The molecular formula is C25H17Cl2N3O2. The van der Waals surface area contributed by atoms with E-state index in [1.165, 1.54) is 0 Å². The van der Waals surface area contributed by atoms with Crippen LogP contribution < -0.4 is 15.5 Å². The van der Waals surface area contributed by atoms with Crippen LogP contribution in [0.1, 0.15) is 0 Å². The molecule has 32 heavy (non-hydrogen) atoms. The second-order valence-electron chi connectivity index (χ2n) is 7.10. The van der Waals surface area contributed by atoms with Gasteiger partial charge in [0.25, 0.3) is 0 Å². The summed E-state index contributed by atoms with van der Waals surface area (Å²) in [7, 11) is 1.63. The van der Waals surface area contributed by atoms with E-state index < -0.39 is 0 Å². The first-order chi connectivity index (χ1) is 15.6. The molecule has 5 aromatic rings. The van der Waals surface area contributed by atoms with Gasteiger partial charge in [-0.3, -0.25) is 5.43 Å². The van der Waals surface area contributed by atoms with Gasteiger partial charge >= 0.3 is 0 Å². The number of hydrogen-bond donors (Lipinski definition) is 1. The number of nitrogens with zero attached hydrogens (tertiary/aromatic N) is 2. The molecule has 1 N–H and O–H groups in total. The number of halogens is 2. The Morgan fingerprint density at radius 1 is 0.938 bits per heavy atom. The predicted octanol–water partition coefficient (Wildman–Crippen LogP) is 6.89. The molecule has 0 fully saturated rings. The van der Waals surface area contributed by atoms with Gasteiger partial charge in [-0.15, -0.1) is 0 Å². The van der Waals surface area contributed by atoms with Crippen molar-refractivity contribution in [2.75, 3.05) is 12.5 Å². The van der Waals surface area contributed by atoms with Crippen LogP contribution in [0, 0.1) is 0 Å². The summed E-state index contributed by atoms with van der Waals surface area (Å²) in [5.41, 5.74) is 5.28. The van der Waals surface area contributed by atoms with E-state index in [-0.39, 0.29) is 0 Å². The maximum absolute atomic E-state index is 6.45. The van der Waals surface area contributed by atoms with Gasteiger partial charge in [0, 0.05) is 27.4 Å². The Morgan fingerprint density at radius 3 is 2.56 bits per heavy atom. The largest absolute Gasteiger partial charge is 0.497 e. The zero-order valence-electron chi connectivity index (χ0n) is 17.0. The van der Waals surface area contributed by atoms with Gasteiger partial charge in [-0.1, -0.05) is 41.4 Å². The van der Waals surface area contributed by atoms with Crippen molar-refractivity contribution < 1.29 is 9.15 Å². The van der Waals surface area contributed by atoms with Crippen molar-refractivity contribution in [2.24, 2.45) is 5.10 Å². The number of nitrogens with one attached hydrogen (secondary N) is 1. The number of aromatic nitrogens is 1. The molecule has 0 radical (unpaired) electrons. The van der Waals surface area contributed by atoms with Gasteiger partial charge in [0.05, 0.1) is 23.0 Å². The molecule has 7 heteroatoms. The molecule has 5 rings (SSSR count). The number of methoxy groups -OCH3 is 1. The van der Waals surface area contributed by atoms with Gasteiger partial charge < -0.3 is 9.15 Å². The van der Waals surface area contributed by atoms with E-state index in [9.17, 15) is 0 Å². The summed E-state index contributed by atoms with van der Waals surface area (Å²) < 4.78 is 11.4. The molecule has 158 valence electrons. The van der Waals surface area contributed by atoms with E-state index in [1.54, 1.807) is 19.2 Å². The van der Waals surface area contributed by atoms with Crippen molar-refractivity contribution in [3.05, 3.63) is 94.3 Å². The van der Waals surface area contributed by atoms with E-state index in [0.29, 0.717) is 37.9 Å². The minimum absolute atomic E-state index is 0.406. The Balaban J connectivity index is 1.65. The number of ether oxygens (including phenoxy) is 1. The summed E-state index contributed by atoms with van der Waals surface area (Å²) >= 11 is 12.7. The molecule has 0 aliphatic heterocycles. The lowest BCUT2D eigenvalue weighted by Gasteiger charge is -2.08. The van der Waals surface area contributed by atoms with Crippen LogP contribution in [0.15, 0.2) is 88.4 Å². The SMILES string of the molecule is COc1ccc(-c2c/c(=N\Nc3ccc4ccccc4n3)c3cc(Cl)cc(Cl)c3o2)cc1. The molecule has 0 aliphatic carbocycles. The monoisotopic (exact) mass is 461 g/mol. The van der Waals surface area contributed by atoms with Crippen molar-refractivity contribution in [1.29, 1.82) is 0 Å².